The number of thioether (sulfide) groups is 1. The molecule has 1 fully saturated rings. The minimum Gasteiger partial charge on any atom is -0.508 e. The van der Waals surface area contributed by atoms with Crippen molar-refractivity contribution in [3.63, 3.8) is 0 Å². The van der Waals surface area contributed by atoms with Crippen molar-refractivity contribution in [1.82, 2.24) is 9.62 Å². The van der Waals surface area contributed by atoms with Crippen LogP contribution in [0.2, 0.25) is 0 Å². The van der Waals surface area contributed by atoms with Gasteiger partial charge in [0.05, 0.1) is 12.1 Å². The Balaban J connectivity index is 2.08. The first kappa shape index (κ1) is 18.6. The summed E-state index contributed by atoms with van der Waals surface area (Å²) in [5.41, 5.74) is 0.626. The van der Waals surface area contributed by atoms with E-state index in [9.17, 15) is 28.2 Å². The summed E-state index contributed by atoms with van der Waals surface area (Å²) in [7, 11) is -3.54. The van der Waals surface area contributed by atoms with Crippen molar-refractivity contribution in [1.29, 1.82) is 0 Å². The summed E-state index contributed by atoms with van der Waals surface area (Å²) >= 11 is 1.30. The minimum absolute atomic E-state index is 0.0279. The van der Waals surface area contributed by atoms with Gasteiger partial charge in [0.25, 0.3) is 0 Å². The second-order valence-electron chi connectivity index (χ2n) is 5.44. The molecule has 1 aromatic carbocycles. The zero-order valence-electron chi connectivity index (χ0n) is 12.9. The van der Waals surface area contributed by atoms with Crippen molar-refractivity contribution in [2.24, 2.45) is 0 Å². The Kier molecular flexibility index (Phi) is 5.73. The second-order valence-corrected chi connectivity index (χ2v) is 8.37. The number of rotatable bonds is 6. The lowest BCUT2D eigenvalue weighted by atomic mass is 10.1. The molecule has 10 heteroatoms. The summed E-state index contributed by atoms with van der Waals surface area (Å²) in [6.45, 7) is 0. The van der Waals surface area contributed by atoms with Crippen molar-refractivity contribution >= 4 is 33.7 Å². The Hall–Kier alpha value is -1.78. The number of benzene rings is 1. The number of nitrogens with zero attached hydrogens (tertiary/aromatic N) is 1. The summed E-state index contributed by atoms with van der Waals surface area (Å²) in [6.07, 6.45) is 1.05. The van der Waals surface area contributed by atoms with Crippen LogP contribution in [0.5, 0.6) is 5.75 Å². The van der Waals surface area contributed by atoms with E-state index in [2.05, 4.69) is 5.32 Å². The van der Waals surface area contributed by atoms with Crippen LogP contribution in [0.25, 0.3) is 0 Å². The number of aromatic hydroxyl groups is 1. The van der Waals surface area contributed by atoms with Crippen LogP contribution in [0.15, 0.2) is 24.3 Å². The summed E-state index contributed by atoms with van der Waals surface area (Å²) in [4.78, 5) is 23.7. The molecule has 132 valence electrons. The van der Waals surface area contributed by atoms with Crippen molar-refractivity contribution in [2.75, 3.05) is 17.9 Å². The largest absolute Gasteiger partial charge is 0.508 e. The molecule has 1 saturated heterocycles. The Morgan fingerprint density at radius 1 is 1.38 bits per heavy atom. The van der Waals surface area contributed by atoms with E-state index in [0.717, 1.165) is 10.6 Å². The van der Waals surface area contributed by atoms with Crippen LogP contribution in [-0.2, 0) is 26.0 Å². The molecule has 2 rings (SSSR count). The summed E-state index contributed by atoms with van der Waals surface area (Å²) in [6, 6.07) is 3.88. The first-order chi connectivity index (χ1) is 11.2. The molecule has 8 nitrogen and oxygen atoms in total. The summed E-state index contributed by atoms with van der Waals surface area (Å²) in [5.74, 6) is -1.33. The Bertz CT molecular complexity index is 719. The lowest BCUT2D eigenvalue weighted by molar-refractivity contribution is -0.142. The molecule has 1 heterocycles. The van der Waals surface area contributed by atoms with Gasteiger partial charge in [0.2, 0.25) is 15.9 Å². The van der Waals surface area contributed by atoms with E-state index < -0.39 is 34.0 Å². The highest BCUT2D eigenvalue weighted by Gasteiger charge is 2.38. The van der Waals surface area contributed by atoms with E-state index in [1.54, 1.807) is 12.1 Å². The molecule has 0 bridgehead atoms. The molecular formula is C14H18N2O6S2. The molecule has 24 heavy (non-hydrogen) atoms. The Labute approximate surface area is 143 Å². The number of carbonyl (C=O) groups is 2. The molecule has 0 saturated carbocycles. The third-order valence-electron chi connectivity index (χ3n) is 3.56. The number of carbonyl (C=O) groups excluding carboxylic acids is 1. The smallest absolute Gasteiger partial charge is 0.326 e. The number of sulfonamides is 1. The van der Waals surface area contributed by atoms with Crippen molar-refractivity contribution in [3.8, 4) is 5.75 Å². The molecular weight excluding hydrogens is 356 g/mol. The average Bonchev–Trinajstić information content (AvgIpc) is 2.98. The molecule has 3 N–H and O–H groups in total. The van der Waals surface area contributed by atoms with Crippen molar-refractivity contribution in [2.45, 2.75) is 18.5 Å². The maximum Gasteiger partial charge on any atom is 0.326 e. The van der Waals surface area contributed by atoms with Gasteiger partial charge in [-0.25, -0.2) is 13.2 Å². The molecule has 1 aliphatic rings. The molecule has 1 aliphatic heterocycles. The number of hydrogen-bond acceptors (Lipinski definition) is 6. The molecule has 2 atom stereocenters. The SMILES string of the molecule is CS(=O)(=O)N1CSC[C@@H]1C(=O)N[C@@H](Cc1ccc(O)cc1)C(=O)O. The molecule has 0 aromatic heterocycles. The van der Waals surface area contributed by atoms with Gasteiger partial charge in [-0.15, -0.1) is 11.8 Å². The number of hydrogen-bond donors (Lipinski definition) is 3. The molecule has 0 unspecified atom stereocenters. The lowest BCUT2D eigenvalue weighted by Crippen LogP contribution is -2.52. The van der Waals surface area contributed by atoms with Gasteiger partial charge in [-0.2, -0.15) is 4.31 Å². The van der Waals surface area contributed by atoms with Crippen molar-refractivity contribution < 1.29 is 28.2 Å². The zero-order valence-corrected chi connectivity index (χ0v) is 14.5. The van der Waals surface area contributed by atoms with Crippen LogP contribution >= 0.6 is 11.8 Å². The van der Waals surface area contributed by atoms with Crippen LogP contribution in [0.3, 0.4) is 0 Å². The third-order valence-corrected chi connectivity index (χ3v) is 5.97. The number of nitrogens with one attached hydrogen (secondary N) is 1. The van der Waals surface area contributed by atoms with Crippen LogP contribution < -0.4 is 5.32 Å². The highest BCUT2D eigenvalue weighted by Crippen LogP contribution is 2.23. The van der Waals surface area contributed by atoms with Crippen LogP contribution in [0, 0.1) is 0 Å². The maximum atomic E-state index is 12.3. The second kappa shape index (κ2) is 7.41. The topological polar surface area (TPSA) is 124 Å². The van der Waals surface area contributed by atoms with E-state index >= 15 is 0 Å². The fraction of sp³-hybridized carbons (Fsp3) is 0.429. The van der Waals surface area contributed by atoms with Crippen molar-refractivity contribution in [3.05, 3.63) is 29.8 Å². The van der Waals surface area contributed by atoms with E-state index in [4.69, 9.17) is 0 Å². The van der Waals surface area contributed by atoms with E-state index in [1.165, 1.54) is 23.9 Å². The number of carboxylic acid groups (broad SMARTS) is 1. The molecule has 0 aliphatic carbocycles. The predicted octanol–water partition coefficient (Wildman–Crippen LogP) is -0.161. The number of phenolic OH excluding ortho intramolecular Hbond substituents is 1. The van der Waals surface area contributed by atoms with Crippen LogP contribution in [-0.4, -0.2) is 64.8 Å². The van der Waals surface area contributed by atoms with E-state index in [1.807, 2.05) is 0 Å². The molecule has 1 aromatic rings. The highest BCUT2D eigenvalue weighted by atomic mass is 32.2. The van der Waals surface area contributed by atoms with Crippen LogP contribution in [0.4, 0.5) is 0 Å². The highest BCUT2D eigenvalue weighted by molar-refractivity contribution is 8.00. The van der Waals surface area contributed by atoms with Gasteiger partial charge in [0.15, 0.2) is 0 Å². The minimum atomic E-state index is -3.54. The first-order valence-electron chi connectivity index (χ1n) is 7.04. The quantitative estimate of drug-likeness (QED) is 0.632. The van der Waals surface area contributed by atoms with E-state index in [-0.39, 0.29) is 23.8 Å². The normalized spacial score (nSPS) is 19.8. The fourth-order valence-electron chi connectivity index (χ4n) is 2.30. The monoisotopic (exact) mass is 374 g/mol. The Morgan fingerprint density at radius 2 is 2.00 bits per heavy atom. The fourth-order valence-corrected chi connectivity index (χ4v) is 5.03. The number of phenols is 1. The average molecular weight is 374 g/mol. The maximum absolute atomic E-state index is 12.3. The predicted molar refractivity (Wildman–Crippen MR) is 89.2 cm³/mol. The van der Waals surface area contributed by atoms with Gasteiger partial charge in [-0.05, 0) is 17.7 Å². The lowest BCUT2D eigenvalue weighted by Gasteiger charge is -2.22. The van der Waals surface area contributed by atoms with Gasteiger partial charge in [-0.1, -0.05) is 12.1 Å². The Morgan fingerprint density at radius 3 is 2.54 bits per heavy atom. The molecule has 1 amide bonds. The third kappa shape index (κ3) is 4.62. The number of carboxylic acids is 1. The van der Waals surface area contributed by atoms with Gasteiger partial charge in [0.1, 0.15) is 17.8 Å². The zero-order chi connectivity index (χ0) is 17.9. The summed E-state index contributed by atoms with van der Waals surface area (Å²) < 4.78 is 24.4. The van der Waals surface area contributed by atoms with Gasteiger partial charge >= 0.3 is 5.97 Å². The van der Waals surface area contributed by atoms with E-state index in [0.29, 0.717) is 5.56 Å². The first-order valence-corrected chi connectivity index (χ1v) is 10.0. The summed E-state index contributed by atoms with van der Waals surface area (Å²) in [5, 5.41) is 21.0. The number of amides is 1. The van der Waals surface area contributed by atoms with Gasteiger partial charge in [-0.3, -0.25) is 4.79 Å². The molecule has 0 spiro atoms. The molecule has 0 radical (unpaired) electrons. The standard InChI is InChI=1S/C14H18N2O6S2/c1-24(21,22)16-8-23-7-12(16)13(18)15-11(14(19)20)6-9-2-4-10(17)5-3-9/h2-5,11-12,17H,6-8H2,1H3,(H,15,18)(H,19,20)/t11-,12+/m0/s1. The van der Waals surface area contributed by atoms with Gasteiger partial charge in [0, 0.05) is 12.2 Å². The van der Waals surface area contributed by atoms with Gasteiger partial charge < -0.3 is 15.5 Å². The number of aliphatic carboxylic acids is 1. The van der Waals surface area contributed by atoms with Crippen LogP contribution in [0.1, 0.15) is 5.56 Å².